The fraction of sp³-hybridized carbons (Fsp3) is 0.467. The third-order valence-corrected chi connectivity index (χ3v) is 4.34. The molecule has 0 saturated carbocycles. The van der Waals surface area contributed by atoms with E-state index in [0.29, 0.717) is 0 Å². The molecular weight excluding hydrogens is 414 g/mol. The van der Waals surface area contributed by atoms with Gasteiger partial charge in [-0.3, -0.25) is 14.4 Å². The zero-order valence-corrected chi connectivity index (χ0v) is 16.7. The maximum Gasteiger partial charge on any atom is 0.331 e. The zero-order valence-electron chi connectivity index (χ0n) is 15.1. The number of alkyl halides is 1. The average Bonchev–Trinajstić information content (AvgIpc) is 3.11. The van der Waals surface area contributed by atoms with Crippen LogP contribution in [0.1, 0.15) is 19.5 Å². The highest BCUT2D eigenvalue weighted by atomic mass is 35.5. The molecule has 3 N–H and O–H groups in total. The number of carbonyl (C=O) groups is 4. The third kappa shape index (κ3) is 5.16. The number of hydrogen-bond acceptors (Lipinski definition) is 9. The zero-order chi connectivity index (χ0) is 20.8. The molecule has 0 aromatic carbocycles. The summed E-state index contributed by atoms with van der Waals surface area (Å²) < 4.78 is 4.57. The van der Waals surface area contributed by atoms with Crippen LogP contribution in [-0.4, -0.2) is 65.6 Å². The summed E-state index contributed by atoms with van der Waals surface area (Å²) in [5.74, 6) is -2.73. The van der Waals surface area contributed by atoms with Crippen molar-refractivity contribution in [3.63, 3.8) is 0 Å². The molecule has 3 amide bonds. The molecule has 1 fully saturated rings. The van der Waals surface area contributed by atoms with Crippen LogP contribution in [0.25, 0.3) is 0 Å². The number of anilines is 1. The van der Waals surface area contributed by atoms with E-state index in [2.05, 4.69) is 30.8 Å². The van der Waals surface area contributed by atoms with Crippen molar-refractivity contribution in [3.8, 4) is 0 Å². The first-order valence-corrected chi connectivity index (χ1v) is 9.42. The molecule has 1 aromatic heterocycles. The molecule has 152 valence electrons. The lowest BCUT2D eigenvalue weighted by Crippen LogP contribution is -2.72. The van der Waals surface area contributed by atoms with Crippen LogP contribution in [0.4, 0.5) is 5.13 Å². The summed E-state index contributed by atoms with van der Waals surface area (Å²) in [7, 11) is 1.17. The minimum atomic E-state index is -1.11. The molecule has 13 heteroatoms. The molecule has 11 nitrogen and oxygen atoms in total. The first-order chi connectivity index (χ1) is 13.3. The molecule has 0 aliphatic carbocycles. The van der Waals surface area contributed by atoms with E-state index >= 15 is 0 Å². The molecule has 1 saturated heterocycles. The summed E-state index contributed by atoms with van der Waals surface area (Å²) in [6, 6.07) is -2.11. The molecule has 2 atom stereocenters. The second kappa shape index (κ2) is 9.46. The number of β-lactam (4-membered cyclic amide) rings is 1. The van der Waals surface area contributed by atoms with Gasteiger partial charge in [0.25, 0.3) is 5.91 Å². The van der Waals surface area contributed by atoms with Crippen LogP contribution in [0.2, 0.25) is 0 Å². The number of hydrogen-bond donors (Lipinski definition) is 3. The van der Waals surface area contributed by atoms with Gasteiger partial charge in [-0.2, -0.15) is 0 Å². The standard InChI is InChI=1S/C15H18ClN5O6S/c1-6(2)27-21-9(7-5-28-15(17-7)18-8(22)4-16)12(23)19-10-11(14(25)26-3)20-13(10)24/h5-6,10-11H,4H2,1-3H3,(H,19,23)(H,20,24)(H,17,18,22). The van der Waals surface area contributed by atoms with Crippen molar-refractivity contribution in [2.24, 2.45) is 5.16 Å². The number of oxime groups is 1. The van der Waals surface area contributed by atoms with Gasteiger partial charge >= 0.3 is 5.97 Å². The molecule has 0 radical (unpaired) electrons. The molecule has 28 heavy (non-hydrogen) atoms. The number of halogens is 1. The predicted molar refractivity (Wildman–Crippen MR) is 100 cm³/mol. The number of aromatic nitrogens is 1. The van der Waals surface area contributed by atoms with Crippen molar-refractivity contribution in [2.45, 2.75) is 32.0 Å². The van der Waals surface area contributed by atoms with Crippen molar-refractivity contribution in [1.82, 2.24) is 15.6 Å². The molecule has 1 aliphatic heterocycles. The Morgan fingerprint density at radius 2 is 2.14 bits per heavy atom. The average molecular weight is 432 g/mol. The Hall–Kier alpha value is -2.73. The van der Waals surface area contributed by atoms with Gasteiger partial charge in [0.1, 0.15) is 23.7 Å². The van der Waals surface area contributed by atoms with Crippen molar-refractivity contribution in [2.75, 3.05) is 18.3 Å². The van der Waals surface area contributed by atoms with E-state index in [1.165, 1.54) is 12.5 Å². The Labute approximate surface area is 168 Å². The Kier molecular flexibility index (Phi) is 7.29. The van der Waals surface area contributed by atoms with E-state index in [9.17, 15) is 19.2 Å². The van der Waals surface area contributed by atoms with Crippen molar-refractivity contribution < 1.29 is 28.8 Å². The Balaban J connectivity index is 2.20. The number of nitrogens with one attached hydrogen (secondary N) is 3. The maximum atomic E-state index is 12.7. The maximum absolute atomic E-state index is 12.7. The molecule has 1 aromatic rings. The summed E-state index contributed by atoms with van der Waals surface area (Å²) in [5, 5.41) is 12.7. The van der Waals surface area contributed by atoms with Gasteiger partial charge in [0, 0.05) is 5.38 Å². The van der Waals surface area contributed by atoms with Gasteiger partial charge in [-0.05, 0) is 13.8 Å². The second-order valence-corrected chi connectivity index (χ2v) is 6.90. The fourth-order valence-corrected chi connectivity index (χ4v) is 2.80. The van der Waals surface area contributed by atoms with E-state index in [1.54, 1.807) is 13.8 Å². The summed E-state index contributed by atoms with van der Waals surface area (Å²) in [6.07, 6.45) is -0.327. The molecule has 2 unspecified atom stereocenters. The van der Waals surface area contributed by atoms with Gasteiger partial charge in [0.15, 0.2) is 16.9 Å². The third-order valence-electron chi connectivity index (χ3n) is 3.34. The minimum Gasteiger partial charge on any atom is -0.467 e. The lowest BCUT2D eigenvalue weighted by molar-refractivity contribution is -0.153. The highest BCUT2D eigenvalue weighted by molar-refractivity contribution is 7.14. The van der Waals surface area contributed by atoms with Crippen LogP contribution in [0.3, 0.4) is 0 Å². The molecule has 2 heterocycles. The normalized spacial score (nSPS) is 18.8. The van der Waals surface area contributed by atoms with Crippen LogP contribution in [-0.2, 0) is 28.8 Å². The highest BCUT2D eigenvalue weighted by Gasteiger charge is 2.46. The molecular formula is C15H18ClN5O6S. The number of carbonyl (C=O) groups excluding carboxylic acids is 4. The van der Waals surface area contributed by atoms with Crippen molar-refractivity contribution in [1.29, 1.82) is 0 Å². The topological polar surface area (TPSA) is 148 Å². The Bertz CT molecular complexity index is 811. The van der Waals surface area contributed by atoms with Crippen molar-refractivity contribution in [3.05, 3.63) is 11.1 Å². The lowest BCUT2D eigenvalue weighted by Gasteiger charge is -2.34. The number of thiazole rings is 1. The fourth-order valence-electron chi connectivity index (χ4n) is 2.02. The summed E-state index contributed by atoms with van der Waals surface area (Å²) in [6.45, 7) is 3.41. The van der Waals surface area contributed by atoms with E-state index in [-0.39, 0.29) is 28.5 Å². The largest absolute Gasteiger partial charge is 0.467 e. The van der Waals surface area contributed by atoms with Gasteiger partial charge in [-0.25, -0.2) is 9.78 Å². The number of methoxy groups -OCH3 is 1. The van der Waals surface area contributed by atoms with Gasteiger partial charge in [0.05, 0.1) is 7.11 Å². The number of ether oxygens (including phenoxy) is 1. The van der Waals surface area contributed by atoms with E-state index < -0.39 is 35.8 Å². The molecule has 0 spiro atoms. The van der Waals surface area contributed by atoms with Crippen LogP contribution in [0.15, 0.2) is 10.5 Å². The van der Waals surface area contributed by atoms with Crippen molar-refractivity contribution >= 4 is 57.5 Å². The quantitative estimate of drug-likeness (QED) is 0.167. The highest BCUT2D eigenvalue weighted by Crippen LogP contribution is 2.17. The smallest absolute Gasteiger partial charge is 0.331 e. The molecule has 2 rings (SSSR count). The summed E-state index contributed by atoms with van der Waals surface area (Å²) >= 11 is 6.48. The first kappa shape index (κ1) is 21.6. The second-order valence-electron chi connectivity index (χ2n) is 5.77. The molecule has 0 bridgehead atoms. The SMILES string of the molecule is COC(=O)C1NC(=O)C1NC(=O)C(=NOC(C)C)c1csc(NC(=O)CCl)n1. The number of rotatable bonds is 8. The van der Waals surface area contributed by atoms with E-state index in [1.807, 2.05) is 0 Å². The summed E-state index contributed by atoms with van der Waals surface area (Å²) in [4.78, 5) is 56.6. The van der Waals surface area contributed by atoms with Crippen LogP contribution >= 0.6 is 22.9 Å². The van der Waals surface area contributed by atoms with Crippen LogP contribution in [0.5, 0.6) is 0 Å². The minimum absolute atomic E-state index is 0.113. The molecule has 1 aliphatic rings. The van der Waals surface area contributed by atoms with Crippen LogP contribution < -0.4 is 16.0 Å². The van der Waals surface area contributed by atoms with E-state index in [0.717, 1.165) is 11.3 Å². The Morgan fingerprint density at radius 1 is 1.43 bits per heavy atom. The first-order valence-electron chi connectivity index (χ1n) is 8.01. The van der Waals surface area contributed by atoms with Gasteiger partial charge < -0.3 is 25.5 Å². The number of nitrogens with zero attached hydrogens (tertiary/aromatic N) is 2. The van der Waals surface area contributed by atoms with Gasteiger partial charge in [-0.1, -0.05) is 5.16 Å². The number of esters is 1. The Morgan fingerprint density at radius 3 is 2.71 bits per heavy atom. The lowest BCUT2D eigenvalue weighted by atomic mass is 9.99. The van der Waals surface area contributed by atoms with E-state index in [4.69, 9.17) is 16.4 Å². The van der Waals surface area contributed by atoms with Gasteiger partial charge in [-0.15, -0.1) is 22.9 Å². The predicted octanol–water partition coefficient (Wildman–Crippen LogP) is -0.394. The summed E-state index contributed by atoms with van der Waals surface area (Å²) in [5.41, 5.74) is -0.109. The monoisotopic (exact) mass is 431 g/mol. The van der Waals surface area contributed by atoms with Gasteiger partial charge in [0.2, 0.25) is 11.8 Å². The van der Waals surface area contributed by atoms with Crippen LogP contribution in [0, 0.1) is 0 Å². The number of amides is 3.